The Labute approximate surface area is 141 Å². The molecule has 0 aliphatic carbocycles. The van der Waals surface area contributed by atoms with Crippen LogP contribution >= 0.6 is 0 Å². The summed E-state index contributed by atoms with van der Waals surface area (Å²) in [5.41, 5.74) is 1.05. The second-order valence-corrected chi connectivity index (χ2v) is 7.22. The third kappa shape index (κ3) is 2.51. The first-order chi connectivity index (χ1) is 11.8. The zero-order chi connectivity index (χ0) is 15.9. The zero-order valence-corrected chi connectivity index (χ0v) is 13.6. The summed E-state index contributed by atoms with van der Waals surface area (Å²) in [5.74, 6) is 2.16. The molecule has 2 fully saturated rings. The van der Waals surface area contributed by atoms with E-state index in [0.29, 0.717) is 23.8 Å². The first kappa shape index (κ1) is 14.2. The predicted octanol–water partition coefficient (Wildman–Crippen LogP) is 3.96. The minimum atomic E-state index is 0.671. The van der Waals surface area contributed by atoms with E-state index in [2.05, 4.69) is 52.9 Å². The van der Waals surface area contributed by atoms with Gasteiger partial charge in [-0.1, -0.05) is 47.6 Å². The molecule has 2 aliphatic heterocycles. The lowest BCUT2D eigenvalue weighted by molar-refractivity contribution is 0.270. The van der Waals surface area contributed by atoms with Crippen molar-refractivity contribution in [1.82, 2.24) is 15.5 Å². The molecule has 0 spiro atoms. The Kier molecular flexibility index (Phi) is 3.37. The maximum absolute atomic E-state index is 5.58. The summed E-state index contributed by atoms with van der Waals surface area (Å²) >= 11 is 0. The highest BCUT2D eigenvalue weighted by molar-refractivity contribution is 5.94. The number of hydrogen-bond donors (Lipinski definition) is 1. The first-order valence-corrected chi connectivity index (χ1v) is 8.92. The zero-order valence-electron chi connectivity index (χ0n) is 13.6. The van der Waals surface area contributed by atoms with Gasteiger partial charge < -0.3 is 9.84 Å². The van der Waals surface area contributed by atoms with Crippen LogP contribution in [0.2, 0.25) is 0 Å². The number of benzene rings is 2. The fraction of sp³-hybridized carbons (Fsp3) is 0.400. The van der Waals surface area contributed by atoms with Crippen LogP contribution in [-0.4, -0.2) is 22.2 Å². The maximum atomic E-state index is 5.58. The van der Waals surface area contributed by atoms with Crippen LogP contribution < -0.4 is 5.32 Å². The van der Waals surface area contributed by atoms with Crippen LogP contribution in [0.25, 0.3) is 22.2 Å². The molecule has 2 aromatic carbocycles. The van der Waals surface area contributed by atoms with Gasteiger partial charge in [-0.05, 0) is 42.4 Å². The van der Waals surface area contributed by atoms with Crippen molar-refractivity contribution < 1.29 is 4.52 Å². The fourth-order valence-corrected chi connectivity index (χ4v) is 4.46. The Morgan fingerprint density at radius 2 is 1.79 bits per heavy atom. The molecule has 1 N–H and O–H groups in total. The Hall–Kier alpha value is -2.20. The minimum absolute atomic E-state index is 0.671. The number of fused-ring (bicyclic) bond motifs is 3. The van der Waals surface area contributed by atoms with Gasteiger partial charge in [-0.15, -0.1) is 0 Å². The molecule has 2 aliphatic rings. The van der Waals surface area contributed by atoms with Gasteiger partial charge in [-0.2, -0.15) is 4.98 Å². The van der Waals surface area contributed by atoms with Gasteiger partial charge in [-0.25, -0.2) is 0 Å². The highest BCUT2D eigenvalue weighted by Gasteiger charge is 2.34. The van der Waals surface area contributed by atoms with Gasteiger partial charge in [0.1, 0.15) is 0 Å². The number of aromatic nitrogens is 2. The molecule has 122 valence electrons. The van der Waals surface area contributed by atoms with Crippen molar-refractivity contribution in [3.05, 3.63) is 48.4 Å². The molecule has 24 heavy (non-hydrogen) atoms. The molecule has 5 rings (SSSR count). The lowest BCUT2D eigenvalue weighted by Crippen LogP contribution is -2.38. The molecule has 3 aromatic rings. The van der Waals surface area contributed by atoms with E-state index in [1.807, 2.05) is 0 Å². The summed E-state index contributed by atoms with van der Waals surface area (Å²) in [6, 6.07) is 16.0. The van der Waals surface area contributed by atoms with Crippen LogP contribution in [0.1, 0.15) is 31.6 Å². The van der Waals surface area contributed by atoms with Gasteiger partial charge in [0.2, 0.25) is 11.7 Å². The Bertz CT molecular complexity index is 855. The molecule has 2 saturated heterocycles. The van der Waals surface area contributed by atoms with Crippen molar-refractivity contribution in [3.8, 4) is 11.4 Å². The Balaban J connectivity index is 1.40. The molecular formula is C20H21N3O. The van der Waals surface area contributed by atoms with Crippen LogP contribution in [0.3, 0.4) is 0 Å². The normalized spacial score (nSPS) is 26.1. The molecule has 2 unspecified atom stereocenters. The van der Waals surface area contributed by atoms with Crippen LogP contribution in [0.15, 0.2) is 47.0 Å². The molecule has 2 bridgehead atoms. The lowest BCUT2D eigenvalue weighted by atomic mass is 9.90. The van der Waals surface area contributed by atoms with Crippen LogP contribution in [-0.2, 0) is 6.42 Å². The molecular weight excluding hydrogens is 298 g/mol. The van der Waals surface area contributed by atoms with Crippen LogP contribution in [0, 0.1) is 5.92 Å². The van der Waals surface area contributed by atoms with E-state index in [1.54, 1.807) is 0 Å². The molecule has 1 aromatic heterocycles. The van der Waals surface area contributed by atoms with Crippen LogP contribution in [0.5, 0.6) is 0 Å². The Morgan fingerprint density at radius 1 is 1.00 bits per heavy atom. The van der Waals surface area contributed by atoms with Gasteiger partial charge in [0.05, 0.1) is 0 Å². The van der Waals surface area contributed by atoms with Crippen molar-refractivity contribution in [2.75, 3.05) is 0 Å². The SMILES string of the molecule is c1ccc2c(-c3noc(CC4CC5CCC(C4)N5)n3)cccc2c1. The van der Waals surface area contributed by atoms with E-state index in [1.165, 1.54) is 36.5 Å². The summed E-state index contributed by atoms with van der Waals surface area (Å²) in [7, 11) is 0. The number of piperidine rings is 1. The molecule has 4 heteroatoms. The van der Waals surface area contributed by atoms with E-state index in [0.717, 1.165) is 17.9 Å². The summed E-state index contributed by atoms with van der Waals surface area (Å²) in [5, 5.41) is 10.3. The molecule has 3 heterocycles. The summed E-state index contributed by atoms with van der Waals surface area (Å²) in [6.45, 7) is 0. The van der Waals surface area contributed by atoms with Gasteiger partial charge in [0.25, 0.3) is 0 Å². The van der Waals surface area contributed by atoms with E-state index >= 15 is 0 Å². The summed E-state index contributed by atoms with van der Waals surface area (Å²) < 4.78 is 5.58. The summed E-state index contributed by atoms with van der Waals surface area (Å²) in [6.07, 6.45) is 6.04. The Morgan fingerprint density at radius 3 is 2.67 bits per heavy atom. The second-order valence-electron chi connectivity index (χ2n) is 7.22. The average molecular weight is 319 g/mol. The van der Waals surface area contributed by atoms with Gasteiger partial charge in [0, 0.05) is 24.1 Å². The molecule has 0 saturated carbocycles. The standard InChI is InChI=1S/C20H21N3O/c1-2-6-17-14(4-1)5-3-7-18(17)20-22-19(24-23-20)12-13-10-15-8-9-16(11-13)21-15/h1-7,13,15-16,21H,8-12H2. The van der Waals surface area contributed by atoms with Crippen molar-refractivity contribution in [3.63, 3.8) is 0 Å². The quantitative estimate of drug-likeness (QED) is 0.794. The second kappa shape index (κ2) is 5.71. The van der Waals surface area contributed by atoms with Crippen molar-refractivity contribution in [2.24, 2.45) is 5.92 Å². The smallest absolute Gasteiger partial charge is 0.227 e. The monoisotopic (exact) mass is 319 g/mol. The van der Waals surface area contributed by atoms with E-state index in [4.69, 9.17) is 9.51 Å². The average Bonchev–Trinajstić information content (AvgIpc) is 3.21. The third-order valence-electron chi connectivity index (χ3n) is 5.53. The van der Waals surface area contributed by atoms with Crippen molar-refractivity contribution >= 4 is 10.8 Å². The van der Waals surface area contributed by atoms with Gasteiger partial charge in [-0.3, -0.25) is 0 Å². The third-order valence-corrected chi connectivity index (χ3v) is 5.53. The topological polar surface area (TPSA) is 51.0 Å². The molecule has 2 atom stereocenters. The minimum Gasteiger partial charge on any atom is -0.339 e. The van der Waals surface area contributed by atoms with Crippen molar-refractivity contribution in [1.29, 1.82) is 0 Å². The molecule has 0 amide bonds. The number of nitrogens with one attached hydrogen (secondary N) is 1. The number of hydrogen-bond acceptors (Lipinski definition) is 4. The highest BCUT2D eigenvalue weighted by Crippen LogP contribution is 2.33. The van der Waals surface area contributed by atoms with Crippen LogP contribution in [0.4, 0.5) is 0 Å². The van der Waals surface area contributed by atoms with Gasteiger partial charge >= 0.3 is 0 Å². The number of nitrogens with zero attached hydrogens (tertiary/aromatic N) is 2. The largest absolute Gasteiger partial charge is 0.339 e. The van der Waals surface area contributed by atoms with Gasteiger partial charge in [0.15, 0.2) is 0 Å². The first-order valence-electron chi connectivity index (χ1n) is 8.92. The predicted molar refractivity (Wildman–Crippen MR) is 93.6 cm³/mol. The summed E-state index contributed by atoms with van der Waals surface area (Å²) in [4.78, 5) is 4.70. The van der Waals surface area contributed by atoms with E-state index in [9.17, 15) is 0 Å². The fourth-order valence-electron chi connectivity index (χ4n) is 4.46. The maximum Gasteiger partial charge on any atom is 0.227 e. The van der Waals surface area contributed by atoms with E-state index < -0.39 is 0 Å². The lowest BCUT2D eigenvalue weighted by Gasteiger charge is -2.27. The highest BCUT2D eigenvalue weighted by atomic mass is 16.5. The molecule has 0 radical (unpaired) electrons. The molecule has 4 nitrogen and oxygen atoms in total. The number of rotatable bonds is 3. The van der Waals surface area contributed by atoms with E-state index in [-0.39, 0.29) is 0 Å². The van der Waals surface area contributed by atoms with Crippen molar-refractivity contribution in [2.45, 2.75) is 44.2 Å².